The molecule has 0 saturated heterocycles. The summed E-state index contributed by atoms with van der Waals surface area (Å²) in [7, 11) is 0. The standard InChI is InChI=1S/C8H2O8.C8H6.CO.2CH4.H2O6.O2.6H2/c9-1-3(11)5(13)7(15)8(16)6(14)4(12)2-10;1-3-5-7-8-6-4-2;1-2;;;1-3-5-6-4-2;1-2;;;;;;/h1-2H;1-2H3;;2*1H4;1-2H;;6*1H. The van der Waals surface area contributed by atoms with Crippen molar-refractivity contribution >= 4 is 47.3 Å². The van der Waals surface area contributed by atoms with Crippen molar-refractivity contribution in [1.82, 2.24) is 0 Å². The molecule has 0 radical (unpaired) electrons. The van der Waals surface area contributed by atoms with Gasteiger partial charge in [-0.3, -0.25) is 38.4 Å². The van der Waals surface area contributed by atoms with Crippen LogP contribution in [-0.4, -0.2) is 57.8 Å². The van der Waals surface area contributed by atoms with E-state index in [1.165, 1.54) is 0 Å². The van der Waals surface area contributed by atoms with Crippen LogP contribution in [0.2, 0.25) is 0 Å². The van der Waals surface area contributed by atoms with Crippen LogP contribution in [0.3, 0.4) is 0 Å². The molecule has 36 heavy (non-hydrogen) atoms. The van der Waals surface area contributed by atoms with Gasteiger partial charge in [0.1, 0.15) is 0 Å². The van der Waals surface area contributed by atoms with E-state index >= 15 is 0 Å². The predicted octanol–water partition coefficient (Wildman–Crippen LogP) is 0.357. The van der Waals surface area contributed by atoms with Crippen LogP contribution >= 0.6 is 0 Å². The first-order valence-electron chi connectivity index (χ1n) is 7.01. The molecule has 0 spiro atoms. The topological polar surface area (TPSA) is 268 Å². The normalized spacial score (nSPS) is 6.39. The average Bonchev–Trinajstić information content (AvgIpc) is 2.90. The van der Waals surface area contributed by atoms with Crippen LogP contribution in [0.15, 0.2) is 0 Å². The Morgan fingerprint density at radius 2 is 0.917 bits per heavy atom. The van der Waals surface area contributed by atoms with Gasteiger partial charge in [0.2, 0.25) is 0 Å². The van der Waals surface area contributed by atoms with Gasteiger partial charge in [0.25, 0.3) is 34.7 Å². The Labute approximate surface area is 211 Å². The minimum atomic E-state index is -2.13. The fourth-order valence-corrected chi connectivity index (χ4v) is 0.749. The van der Waals surface area contributed by atoms with Crippen LogP contribution in [0.4, 0.5) is 0 Å². The second-order valence-corrected chi connectivity index (χ2v) is 3.57. The number of ketones is 6. The monoisotopic (exact) mass is 530 g/mol. The molecule has 0 fully saturated rings. The number of carbonyl (C=O) groups excluding carboxylic acids is 8. The van der Waals surface area contributed by atoms with Crippen molar-refractivity contribution in [1.29, 1.82) is 0 Å². The molecule has 0 rings (SSSR count). The van der Waals surface area contributed by atoms with E-state index in [1.54, 1.807) is 13.8 Å². The van der Waals surface area contributed by atoms with Gasteiger partial charge < -0.3 is 0 Å². The van der Waals surface area contributed by atoms with E-state index in [0.717, 1.165) is 0 Å². The summed E-state index contributed by atoms with van der Waals surface area (Å²) in [6.07, 6.45) is -1.06. The summed E-state index contributed by atoms with van der Waals surface area (Å²) in [5.74, 6) is 3.53. The first-order valence-corrected chi connectivity index (χ1v) is 7.01. The van der Waals surface area contributed by atoms with Crippen molar-refractivity contribution in [2.24, 2.45) is 0 Å². The van der Waals surface area contributed by atoms with Crippen LogP contribution in [0.5, 0.6) is 0 Å². The predicted molar refractivity (Wildman–Crippen MR) is 123 cm³/mol. The zero-order chi connectivity index (χ0) is 27.9. The third kappa shape index (κ3) is 31.3. The first-order chi connectivity index (χ1) is 16.2. The summed E-state index contributed by atoms with van der Waals surface area (Å²) in [5.41, 5.74) is 0. The fraction of sp³-hybridized carbons (Fsp3) is 0.211. The molecule has 0 heterocycles. The van der Waals surface area contributed by atoms with Crippen molar-refractivity contribution in [3.05, 3.63) is 16.6 Å². The molecule has 0 aliphatic rings. The minimum absolute atomic E-state index is 0. The summed E-state index contributed by atoms with van der Waals surface area (Å²) in [4.78, 5) is 97.0. The Morgan fingerprint density at radius 3 is 1.08 bits per heavy atom. The number of hydrogen-bond acceptors (Lipinski definition) is 16. The average molecular weight is 530 g/mol. The van der Waals surface area contributed by atoms with Crippen molar-refractivity contribution in [2.45, 2.75) is 28.7 Å². The van der Waals surface area contributed by atoms with Crippen LogP contribution in [0, 0.1) is 52.1 Å². The van der Waals surface area contributed by atoms with E-state index in [1.807, 2.05) is 0 Å². The van der Waals surface area contributed by atoms with Gasteiger partial charge in [0.15, 0.2) is 12.6 Å². The van der Waals surface area contributed by atoms with Crippen molar-refractivity contribution in [3.8, 4) is 35.5 Å². The zero-order valence-electron chi connectivity index (χ0n) is 16.7. The van der Waals surface area contributed by atoms with E-state index < -0.39 is 47.3 Å². The number of carbonyl (C=O) groups is 8. The molecule has 2 N–H and O–H groups in total. The van der Waals surface area contributed by atoms with Crippen LogP contribution in [0.25, 0.3) is 0 Å². The summed E-state index contributed by atoms with van der Waals surface area (Å²) in [6, 6.07) is 0. The molecular formula is C19H30O17. The quantitative estimate of drug-likeness (QED) is 0.0444. The number of rotatable bonds is 10. The van der Waals surface area contributed by atoms with E-state index in [9.17, 15) is 38.4 Å². The second-order valence-electron chi connectivity index (χ2n) is 3.57. The molecule has 0 unspecified atom stereocenters. The molecule has 0 amide bonds. The van der Waals surface area contributed by atoms with Gasteiger partial charge in [-0.25, -0.2) is 10.5 Å². The third-order valence-electron chi connectivity index (χ3n) is 1.81. The molecule has 17 heteroatoms. The van der Waals surface area contributed by atoms with Crippen LogP contribution < -0.4 is 0 Å². The summed E-state index contributed by atoms with van der Waals surface area (Å²) in [6.45, 7) is 7.99. The molecule has 0 bridgehead atoms. The van der Waals surface area contributed by atoms with Gasteiger partial charge >= 0.3 is 11.3 Å². The first kappa shape index (κ1) is 48.5. The SMILES string of the molecule is C.C.CC#CC#CC#CC.O=CC(=O)C(=O)C(=O)C(=O)C(=O)C(=O)C=O.O=O.OOOOOO.[C-]#[O+].[HH].[HH].[HH].[HH].[HH].[HH]. The second kappa shape index (κ2) is 40.5. The maximum Gasteiger partial charge on any atom is 0 e. The molecule has 0 aromatic heterocycles. The zero-order valence-corrected chi connectivity index (χ0v) is 16.7. The van der Waals surface area contributed by atoms with Gasteiger partial charge in [-0.1, -0.05) is 26.7 Å². The molecule has 0 aliphatic heterocycles. The molecule has 0 atom stereocenters. The molecular weight excluding hydrogens is 500 g/mol. The summed E-state index contributed by atoms with van der Waals surface area (Å²) in [5, 5.41) is 26.0. The Hall–Kier alpha value is -4.86. The van der Waals surface area contributed by atoms with Crippen molar-refractivity contribution < 1.29 is 82.2 Å². The smallest absolute Gasteiger partial charge is 0 e. The van der Waals surface area contributed by atoms with Gasteiger partial charge in [0.05, 0.1) is 0 Å². The summed E-state index contributed by atoms with van der Waals surface area (Å²) < 4.78 is 7.50. The van der Waals surface area contributed by atoms with E-state index in [2.05, 4.69) is 62.3 Å². The molecule has 0 aromatic carbocycles. The Morgan fingerprint density at radius 1 is 0.667 bits per heavy atom. The van der Waals surface area contributed by atoms with E-state index in [0.29, 0.717) is 0 Å². The van der Waals surface area contributed by atoms with Gasteiger partial charge in [-0.2, -0.15) is 0 Å². The molecule has 208 valence electrons. The van der Waals surface area contributed by atoms with Crippen LogP contribution in [-0.2, 0) is 63.2 Å². The molecule has 17 nitrogen and oxygen atoms in total. The maximum atomic E-state index is 10.7. The fourth-order valence-electron chi connectivity index (χ4n) is 0.749. The maximum absolute atomic E-state index is 10.7. The Balaban J connectivity index is -0.0000000256. The molecule has 0 saturated carbocycles. The largest absolute Gasteiger partial charge is 0 e. The van der Waals surface area contributed by atoms with E-state index in [4.69, 9.17) is 25.1 Å². The summed E-state index contributed by atoms with van der Waals surface area (Å²) >= 11 is 0. The molecule has 0 aliphatic carbocycles. The Bertz CT molecular complexity index is 880. The third-order valence-corrected chi connectivity index (χ3v) is 1.81. The van der Waals surface area contributed by atoms with Crippen molar-refractivity contribution in [2.75, 3.05) is 0 Å². The number of hydrogen-bond donors (Lipinski definition) is 2. The van der Waals surface area contributed by atoms with Gasteiger partial charge in [0, 0.05) is 18.5 Å². The Kier molecular flexibility index (Phi) is 54.6. The molecule has 0 aromatic rings. The van der Waals surface area contributed by atoms with E-state index in [-0.39, 0.29) is 23.4 Å². The van der Waals surface area contributed by atoms with Gasteiger partial charge in [-0.15, -0.1) is 0 Å². The number of Topliss-reactive ketones (excluding diaryl/α,β-unsaturated/α-hetero) is 6. The van der Waals surface area contributed by atoms with Crippen molar-refractivity contribution in [3.63, 3.8) is 0 Å². The minimum Gasteiger partial charge on any atom is 0 e. The van der Waals surface area contributed by atoms with Gasteiger partial charge in [-0.05, 0) is 57.7 Å². The number of aldehydes is 2. The van der Waals surface area contributed by atoms with Crippen LogP contribution in [0.1, 0.15) is 37.3 Å².